The second-order valence-corrected chi connectivity index (χ2v) is 5.02. The van der Waals surface area contributed by atoms with E-state index < -0.39 is 0 Å². The van der Waals surface area contributed by atoms with Crippen LogP contribution in [0.3, 0.4) is 0 Å². The van der Waals surface area contributed by atoms with Crippen molar-refractivity contribution in [3.05, 3.63) is 42.7 Å². The Kier molecular flexibility index (Phi) is 3.46. The van der Waals surface area contributed by atoms with Gasteiger partial charge in [0.1, 0.15) is 5.76 Å². The zero-order valence-electron chi connectivity index (χ0n) is 11.6. The number of hydrogen-bond donors (Lipinski definition) is 0. The molecule has 0 spiro atoms. The molecule has 0 unspecified atom stereocenters. The van der Waals surface area contributed by atoms with E-state index in [2.05, 4.69) is 29.2 Å². The Bertz CT molecular complexity index is 567. The molecule has 0 atom stereocenters. The highest BCUT2D eigenvalue weighted by molar-refractivity contribution is 5.73. The van der Waals surface area contributed by atoms with Gasteiger partial charge in [0.2, 0.25) is 5.91 Å². The molecule has 1 saturated heterocycles. The Labute approximate surface area is 118 Å². The fourth-order valence-electron chi connectivity index (χ4n) is 2.56. The minimum Gasteiger partial charge on any atom is -0.464 e. The van der Waals surface area contributed by atoms with Crippen molar-refractivity contribution < 1.29 is 9.21 Å². The van der Waals surface area contributed by atoms with Gasteiger partial charge < -0.3 is 14.2 Å². The second kappa shape index (κ2) is 5.41. The molecule has 2 aromatic rings. The lowest BCUT2D eigenvalue weighted by Crippen LogP contribution is -2.48. The number of benzene rings is 1. The van der Waals surface area contributed by atoms with Crippen LogP contribution in [0.1, 0.15) is 6.92 Å². The first kappa shape index (κ1) is 12.8. The van der Waals surface area contributed by atoms with Crippen LogP contribution in [0.4, 0.5) is 5.69 Å². The molecule has 1 aliphatic heterocycles. The molecular formula is C16H18N2O2. The van der Waals surface area contributed by atoms with Crippen LogP contribution in [0.25, 0.3) is 11.3 Å². The summed E-state index contributed by atoms with van der Waals surface area (Å²) < 4.78 is 5.39. The van der Waals surface area contributed by atoms with Crippen molar-refractivity contribution in [2.24, 2.45) is 0 Å². The highest BCUT2D eigenvalue weighted by Crippen LogP contribution is 2.24. The van der Waals surface area contributed by atoms with Crippen LogP contribution in [0.2, 0.25) is 0 Å². The lowest BCUT2D eigenvalue weighted by molar-refractivity contribution is -0.129. The summed E-state index contributed by atoms with van der Waals surface area (Å²) in [5, 5.41) is 0. The first-order valence-corrected chi connectivity index (χ1v) is 6.88. The maximum absolute atomic E-state index is 11.3. The number of carbonyl (C=O) groups excluding carboxylic acids is 1. The molecule has 4 heteroatoms. The van der Waals surface area contributed by atoms with Gasteiger partial charge in [-0.25, -0.2) is 0 Å². The summed E-state index contributed by atoms with van der Waals surface area (Å²) >= 11 is 0. The highest BCUT2D eigenvalue weighted by Gasteiger charge is 2.18. The summed E-state index contributed by atoms with van der Waals surface area (Å²) in [7, 11) is 0. The molecule has 1 amide bonds. The average Bonchev–Trinajstić information content (AvgIpc) is 3.02. The van der Waals surface area contributed by atoms with E-state index in [9.17, 15) is 4.79 Å². The summed E-state index contributed by atoms with van der Waals surface area (Å²) in [5.41, 5.74) is 2.28. The van der Waals surface area contributed by atoms with Gasteiger partial charge in [0, 0.05) is 44.4 Å². The fourth-order valence-corrected chi connectivity index (χ4v) is 2.56. The van der Waals surface area contributed by atoms with Crippen molar-refractivity contribution in [1.82, 2.24) is 4.90 Å². The molecule has 0 bridgehead atoms. The van der Waals surface area contributed by atoms with E-state index in [1.165, 1.54) is 5.69 Å². The van der Waals surface area contributed by atoms with Crippen molar-refractivity contribution >= 4 is 11.6 Å². The van der Waals surface area contributed by atoms with Crippen molar-refractivity contribution in [3.63, 3.8) is 0 Å². The van der Waals surface area contributed by atoms with Crippen LogP contribution in [0.15, 0.2) is 47.1 Å². The van der Waals surface area contributed by atoms with Gasteiger partial charge in [0.05, 0.1) is 6.26 Å². The lowest BCUT2D eigenvalue weighted by atomic mass is 10.1. The standard InChI is InChI=1S/C16H18N2O2/c1-13(19)17-8-10-18(11-9-17)15-6-4-14(5-7-15)16-3-2-12-20-16/h2-7,12H,8-11H2,1H3. The van der Waals surface area contributed by atoms with Gasteiger partial charge in [-0.1, -0.05) is 0 Å². The van der Waals surface area contributed by atoms with E-state index in [-0.39, 0.29) is 5.91 Å². The Hall–Kier alpha value is -2.23. The van der Waals surface area contributed by atoms with Crippen LogP contribution in [0, 0.1) is 0 Å². The molecule has 20 heavy (non-hydrogen) atoms. The molecule has 1 aromatic heterocycles. The number of amides is 1. The first-order chi connectivity index (χ1) is 9.74. The fraction of sp³-hybridized carbons (Fsp3) is 0.312. The maximum atomic E-state index is 11.3. The smallest absolute Gasteiger partial charge is 0.219 e. The normalized spacial score (nSPS) is 15.4. The Morgan fingerprint density at radius 2 is 1.75 bits per heavy atom. The van der Waals surface area contributed by atoms with Crippen molar-refractivity contribution in [2.75, 3.05) is 31.1 Å². The molecule has 2 heterocycles. The summed E-state index contributed by atoms with van der Waals surface area (Å²) in [6.45, 7) is 5.01. The zero-order valence-corrected chi connectivity index (χ0v) is 11.6. The maximum Gasteiger partial charge on any atom is 0.219 e. The predicted molar refractivity (Wildman–Crippen MR) is 78.6 cm³/mol. The molecule has 4 nitrogen and oxygen atoms in total. The van der Waals surface area contributed by atoms with Gasteiger partial charge >= 0.3 is 0 Å². The third-order valence-electron chi connectivity index (χ3n) is 3.76. The summed E-state index contributed by atoms with van der Waals surface area (Å²) in [6, 6.07) is 12.2. The Balaban J connectivity index is 1.68. The van der Waals surface area contributed by atoms with E-state index in [4.69, 9.17) is 4.42 Å². The number of anilines is 1. The van der Waals surface area contributed by atoms with Gasteiger partial charge in [-0.15, -0.1) is 0 Å². The molecule has 104 valence electrons. The van der Waals surface area contributed by atoms with Gasteiger partial charge in [-0.2, -0.15) is 0 Å². The van der Waals surface area contributed by atoms with E-state index in [0.29, 0.717) is 0 Å². The molecule has 1 aliphatic rings. The van der Waals surface area contributed by atoms with Crippen LogP contribution >= 0.6 is 0 Å². The van der Waals surface area contributed by atoms with Crippen LogP contribution in [-0.4, -0.2) is 37.0 Å². The number of nitrogens with zero attached hydrogens (tertiary/aromatic N) is 2. The minimum atomic E-state index is 0.165. The number of rotatable bonds is 2. The monoisotopic (exact) mass is 270 g/mol. The van der Waals surface area contributed by atoms with Gasteiger partial charge in [0.25, 0.3) is 0 Å². The first-order valence-electron chi connectivity index (χ1n) is 6.88. The molecular weight excluding hydrogens is 252 g/mol. The number of carbonyl (C=O) groups is 1. The van der Waals surface area contributed by atoms with Gasteiger partial charge in [0.15, 0.2) is 0 Å². The quantitative estimate of drug-likeness (QED) is 0.841. The van der Waals surface area contributed by atoms with Crippen molar-refractivity contribution in [1.29, 1.82) is 0 Å². The van der Waals surface area contributed by atoms with Gasteiger partial charge in [-0.3, -0.25) is 4.79 Å². The van der Waals surface area contributed by atoms with Crippen molar-refractivity contribution in [3.8, 4) is 11.3 Å². The number of piperazine rings is 1. The molecule has 0 saturated carbocycles. The second-order valence-electron chi connectivity index (χ2n) is 5.02. The number of hydrogen-bond acceptors (Lipinski definition) is 3. The molecule has 0 radical (unpaired) electrons. The summed E-state index contributed by atoms with van der Waals surface area (Å²) in [5.74, 6) is 1.05. The third-order valence-corrected chi connectivity index (χ3v) is 3.76. The zero-order chi connectivity index (χ0) is 13.9. The minimum absolute atomic E-state index is 0.165. The van der Waals surface area contributed by atoms with Crippen LogP contribution < -0.4 is 4.90 Å². The van der Waals surface area contributed by atoms with E-state index in [1.807, 2.05) is 17.0 Å². The number of furan rings is 1. The molecule has 3 rings (SSSR count). The summed E-state index contributed by atoms with van der Waals surface area (Å²) in [6.07, 6.45) is 1.68. The van der Waals surface area contributed by atoms with Gasteiger partial charge in [-0.05, 0) is 36.4 Å². The largest absolute Gasteiger partial charge is 0.464 e. The molecule has 0 aliphatic carbocycles. The lowest BCUT2D eigenvalue weighted by Gasteiger charge is -2.35. The Morgan fingerprint density at radius 1 is 1.05 bits per heavy atom. The summed E-state index contributed by atoms with van der Waals surface area (Å²) in [4.78, 5) is 15.5. The Morgan fingerprint density at radius 3 is 2.30 bits per heavy atom. The average molecular weight is 270 g/mol. The SMILES string of the molecule is CC(=O)N1CCN(c2ccc(-c3ccco3)cc2)CC1. The van der Waals surface area contributed by atoms with Crippen LogP contribution in [-0.2, 0) is 4.79 Å². The van der Waals surface area contributed by atoms with E-state index >= 15 is 0 Å². The van der Waals surface area contributed by atoms with Crippen LogP contribution in [0.5, 0.6) is 0 Å². The molecule has 1 fully saturated rings. The molecule has 0 N–H and O–H groups in total. The predicted octanol–water partition coefficient (Wildman–Crippen LogP) is 2.62. The van der Waals surface area contributed by atoms with E-state index in [1.54, 1.807) is 13.2 Å². The highest BCUT2D eigenvalue weighted by atomic mass is 16.3. The molecule has 1 aromatic carbocycles. The topological polar surface area (TPSA) is 36.7 Å². The van der Waals surface area contributed by atoms with E-state index in [0.717, 1.165) is 37.5 Å². The van der Waals surface area contributed by atoms with Crippen molar-refractivity contribution in [2.45, 2.75) is 6.92 Å². The third kappa shape index (κ3) is 2.54.